The van der Waals surface area contributed by atoms with Gasteiger partial charge < -0.3 is 9.16 Å². The quantitative estimate of drug-likeness (QED) is 0.145. The Kier molecular flexibility index (Phi) is 6.37. The van der Waals surface area contributed by atoms with Crippen LogP contribution in [0.25, 0.3) is 0 Å². The Balaban J connectivity index is 2.10. The van der Waals surface area contributed by atoms with E-state index in [9.17, 15) is 19.2 Å². The van der Waals surface area contributed by atoms with E-state index in [1.807, 2.05) is 19.6 Å². The number of ether oxygens (including phenoxy) is 1. The zero-order chi connectivity index (χ0) is 25.4. The van der Waals surface area contributed by atoms with Gasteiger partial charge in [-0.1, -0.05) is 60.7 Å². The van der Waals surface area contributed by atoms with Crippen LogP contribution >= 0.6 is 0 Å². The normalized spacial score (nSPS) is 25.9. The van der Waals surface area contributed by atoms with Crippen molar-refractivity contribution < 1.29 is 28.3 Å². The third-order valence-corrected chi connectivity index (χ3v) is 7.40. The second-order valence-corrected chi connectivity index (χ2v) is 14.1. The van der Waals surface area contributed by atoms with Crippen LogP contribution in [0.1, 0.15) is 23.7 Å². The summed E-state index contributed by atoms with van der Waals surface area (Å²) in [6, 6.07) is 16.7. The minimum absolute atomic E-state index is 0.0183. The smallest absolute Gasteiger partial charge is 0.334 e. The molecule has 4 rings (SSSR count). The number of benzene rings is 2. The van der Waals surface area contributed by atoms with Crippen LogP contribution in [0.4, 0.5) is 5.69 Å². The molecule has 2 aliphatic rings. The predicted molar refractivity (Wildman–Crippen MR) is 133 cm³/mol. The van der Waals surface area contributed by atoms with Crippen molar-refractivity contribution in [3.63, 3.8) is 0 Å². The van der Waals surface area contributed by atoms with Crippen LogP contribution in [-0.2, 0) is 23.5 Å². The molecule has 1 aliphatic carbocycles. The Bertz CT molecular complexity index is 1190. The number of para-hydroxylation sites is 1. The lowest BCUT2D eigenvalue weighted by Gasteiger charge is -2.50. The first-order valence-electron chi connectivity index (χ1n) is 11.7. The maximum atomic E-state index is 14.4. The van der Waals surface area contributed by atoms with Gasteiger partial charge in [-0.15, -0.1) is 0 Å². The number of Topliss-reactive ketones (excluding diaryl/α,β-unsaturated/α-hetero) is 2. The molecule has 0 unspecified atom stereocenters. The van der Waals surface area contributed by atoms with E-state index in [4.69, 9.17) is 9.16 Å². The van der Waals surface area contributed by atoms with E-state index >= 15 is 0 Å². The van der Waals surface area contributed by atoms with Gasteiger partial charge in [-0.05, 0) is 38.7 Å². The minimum Gasteiger partial charge on any atom is -0.464 e. The van der Waals surface area contributed by atoms with E-state index in [1.54, 1.807) is 79.7 Å². The molecule has 7 nitrogen and oxygen atoms in total. The summed E-state index contributed by atoms with van der Waals surface area (Å²) in [5, 5.41) is 0. The maximum absolute atomic E-state index is 14.4. The van der Waals surface area contributed by atoms with E-state index < -0.39 is 48.8 Å². The fourth-order valence-electron chi connectivity index (χ4n) is 5.18. The van der Waals surface area contributed by atoms with Gasteiger partial charge in [0.2, 0.25) is 5.78 Å². The Hall–Kier alpha value is -3.36. The topological polar surface area (TPSA) is 90.0 Å². The van der Waals surface area contributed by atoms with Gasteiger partial charge in [-0.2, -0.15) is 0 Å². The largest absolute Gasteiger partial charge is 0.464 e. The highest BCUT2D eigenvalue weighted by Crippen LogP contribution is 2.56. The van der Waals surface area contributed by atoms with Crippen LogP contribution in [-0.4, -0.2) is 50.0 Å². The van der Waals surface area contributed by atoms with Gasteiger partial charge >= 0.3 is 5.97 Å². The van der Waals surface area contributed by atoms with Crippen LogP contribution in [0.3, 0.4) is 0 Å². The molecular formula is C27H29NO6Si. The number of nitrogens with zero attached hydrogens (tertiary/aromatic N) is 1. The van der Waals surface area contributed by atoms with Crippen LogP contribution in [0.15, 0.2) is 72.8 Å². The summed E-state index contributed by atoms with van der Waals surface area (Å²) in [7, 11) is -2.38. The zero-order valence-electron chi connectivity index (χ0n) is 20.3. The molecule has 1 saturated heterocycles. The summed E-state index contributed by atoms with van der Waals surface area (Å²) in [5.41, 5.74) is -3.53. The molecule has 2 aromatic carbocycles. The van der Waals surface area contributed by atoms with Crippen LogP contribution < -0.4 is 4.90 Å². The lowest BCUT2D eigenvalue weighted by atomic mass is 9.58. The molecule has 1 fully saturated rings. The van der Waals surface area contributed by atoms with Gasteiger partial charge in [0, 0.05) is 17.7 Å². The number of esters is 1. The fraction of sp³-hybridized carbons (Fsp3) is 0.333. The highest BCUT2D eigenvalue weighted by molar-refractivity contribution is 6.70. The third kappa shape index (κ3) is 3.68. The Labute approximate surface area is 205 Å². The molecule has 182 valence electrons. The van der Waals surface area contributed by atoms with Crippen LogP contribution in [0.2, 0.25) is 19.6 Å². The second kappa shape index (κ2) is 9.01. The number of carbonyl (C=O) groups is 4. The molecule has 0 aromatic heterocycles. The van der Waals surface area contributed by atoms with Gasteiger partial charge in [0.25, 0.3) is 5.91 Å². The summed E-state index contributed by atoms with van der Waals surface area (Å²) in [6.45, 7) is 7.45. The minimum atomic E-state index is -2.38. The molecule has 8 heteroatoms. The highest BCUT2D eigenvalue weighted by Gasteiger charge is 2.79. The van der Waals surface area contributed by atoms with E-state index in [2.05, 4.69) is 0 Å². The molecule has 3 atom stereocenters. The third-order valence-electron chi connectivity index (χ3n) is 6.44. The number of carbonyl (C=O) groups excluding carboxylic acids is 4. The molecule has 0 bridgehead atoms. The van der Waals surface area contributed by atoms with E-state index in [0.717, 1.165) is 4.90 Å². The molecule has 1 heterocycles. The summed E-state index contributed by atoms with van der Waals surface area (Å²) < 4.78 is 11.9. The molecule has 0 N–H and O–H groups in total. The summed E-state index contributed by atoms with van der Waals surface area (Å²) in [4.78, 5) is 57.5. The first kappa shape index (κ1) is 24.8. The molecular weight excluding hydrogens is 462 g/mol. The molecule has 0 radical (unpaired) electrons. The lowest BCUT2D eigenvalue weighted by Crippen LogP contribution is -2.70. The van der Waals surface area contributed by atoms with Crippen molar-refractivity contribution in [2.45, 2.75) is 44.6 Å². The van der Waals surface area contributed by atoms with Crippen LogP contribution in [0.5, 0.6) is 0 Å². The SMILES string of the molecule is CCOC(=O)[C@@]12CC=C[C@H](O[Si](C)(C)C)[C@]1(C(=O)c1ccccc1)C(=O)C(=O)N2c1ccccc1. The fourth-order valence-corrected chi connectivity index (χ4v) is 6.19. The molecule has 1 amide bonds. The number of rotatable bonds is 7. The van der Waals surface area contributed by atoms with Crippen LogP contribution in [0, 0.1) is 5.41 Å². The number of fused-ring (bicyclic) bond motifs is 1. The maximum Gasteiger partial charge on any atom is 0.334 e. The number of anilines is 1. The zero-order valence-corrected chi connectivity index (χ0v) is 21.3. The molecule has 2 aromatic rings. The van der Waals surface area contributed by atoms with Crippen molar-refractivity contribution in [2.75, 3.05) is 11.5 Å². The first-order chi connectivity index (χ1) is 16.6. The summed E-state index contributed by atoms with van der Waals surface area (Å²) >= 11 is 0. The highest BCUT2D eigenvalue weighted by atomic mass is 28.4. The monoisotopic (exact) mass is 491 g/mol. The summed E-state index contributed by atoms with van der Waals surface area (Å²) in [5.74, 6) is -3.33. The van der Waals surface area contributed by atoms with E-state index in [0.29, 0.717) is 5.69 Å². The van der Waals surface area contributed by atoms with Crippen molar-refractivity contribution in [3.8, 4) is 0 Å². The Morgan fingerprint density at radius 3 is 2.17 bits per heavy atom. The number of amides is 1. The lowest BCUT2D eigenvalue weighted by molar-refractivity contribution is -0.158. The van der Waals surface area contributed by atoms with Gasteiger partial charge in [0.15, 0.2) is 25.1 Å². The van der Waals surface area contributed by atoms with Crippen molar-refractivity contribution in [3.05, 3.63) is 78.4 Å². The number of ketones is 2. The predicted octanol–water partition coefficient (Wildman–Crippen LogP) is 3.95. The number of hydrogen-bond donors (Lipinski definition) is 0. The van der Waals surface area contributed by atoms with Crippen molar-refractivity contribution in [1.29, 1.82) is 0 Å². The summed E-state index contributed by atoms with van der Waals surface area (Å²) in [6.07, 6.45) is 2.17. The van der Waals surface area contributed by atoms with E-state index in [1.165, 1.54) is 0 Å². The standard InChI is InChI=1S/C27H29NO6Si/c1-5-33-25(32)26-18-12-17-21(34-35(2,3)4)27(26,22(29)19-13-8-6-9-14-19)23(30)24(31)28(26)20-15-10-7-11-16-20/h6-17,21H,5,18H2,1-4H3/t21-,26-,27-/m0/s1. The molecule has 1 aliphatic heterocycles. The van der Waals surface area contributed by atoms with Crippen molar-refractivity contribution in [2.24, 2.45) is 5.41 Å². The average molecular weight is 492 g/mol. The molecule has 0 spiro atoms. The van der Waals surface area contributed by atoms with Gasteiger partial charge in [-0.25, -0.2) is 4.79 Å². The number of hydrogen-bond acceptors (Lipinski definition) is 6. The second-order valence-electron chi connectivity index (χ2n) is 9.67. The molecule has 0 saturated carbocycles. The molecule has 35 heavy (non-hydrogen) atoms. The van der Waals surface area contributed by atoms with Crippen molar-refractivity contribution in [1.82, 2.24) is 0 Å². The average Bonchev–Trinajstić information content (AvgIpc) is 3.05. The van der Waals surface area contributed by atoms with Gasteiger partial charge in [0.05, 0.1) is 12.7 Å². The Morgan fingerprint density at radius 2 is 1.60 bits per heavy atom. The van der Waals surface area contributed by atoms with E-state index in [-0.39, 0.29) is 18.6 Å². The van der Waals surface area contributed by atoms with Gasteiger partial charge in [-0.3, -0.25) is 19.3 Å². The van der Waals surface area contributed by atoms with Crippen molar-refractivity contribution >= 4 is 37.4 Å². The Morgan fingerprint density at radius 1 is 1.00 bits per heavy atom. The van der Waals surface area contributed by atoms with Gasteiger partial charge in [0.1, 0.15) is 0 Å². The first-order valence-corrected chi connectivity index (χ1v) is 15.1.